The lowest BCUT2D eigenvalue weighted by Crippen LogP contribution is -2.10. The molecular formula is C42H23N3. The summed E-state index contributed by atoms with van der Waals surface area (Å²) in [5, 5.41) is 13.0. The molecule has 2 aliphatic heterocycles. The van der Waals surface area contributed by atoms with E-state index in [9.17, 15) is 0 Å². The van der Waals surface area contributed by atoms with E-state index in [0.29, 0.717) is 0 Å². The number of para-hydroxylation sites is 3. The maximum atomic E-state index is 2.57. The van der Waals surface area contributed by atoms with E-state index in [0.717, 1.165) is 0 Å². The van der Waals surface area contributed by atoms with Gasteiger partial charge in [0.05, 0.1) is 49.8 Å². The van der Waals surface area contributed by atoms with Gasteiger partial charge in [-0.15, -0.1) is 0 Å². The summed E-state index contributed by atoms with van der Waals surface area (Å²) in [6, 6.07) is 51.8. The lowest BCUT2D eigenvalue weighted by Gasteiger charge is -2.24. The van der Waals surface area contributed by atoms with Crippen LogP contribution in [0, 0.1) is 0 Å². The van der Waals surface area contributed by atoms with E-state index in [4.69, 9.17) is 0 Å². The van der Waals surface area contributed by atoms with E-state index in [1.807, 2.05) is 0 Å². The second-order valence-electron chi connectivity index (χ2n) is 12.5. The summed E-state index contributed by atoms with van der Waals surface area (Å²) >= 11 is 0. The second kappa shape index (κ2) is 7.53. The number of hydrogen-bond acceptors (Lipinski definition) is 0. The molecule has 2 aliphatic rings. The van der Waals surface area contributed by atoms with Crippen LogP contribution in [0.2, 0.25) is 0 Å². The fourth-order valence-electron chi connectivity index (χ4n) is 8.85. The highest BCUT2D eigenvalue weighted by molar-refractivity contribution is 6.34. The quantitative estimate of drug-likeness (QED) is 0.127. The van der Waals surface area contributed by atoms with Crippen molar-refractivity contribution in [1.82, 2.24) is 13.4 Å². The van der Waals surface area contributed by atoms with Gasteiger partial charge in [-0.05, 0) is 57.3 Å². The van der Waals surface area contributed by atoms with Crippen LogP contribution in [-0.2, 0) is 0 Å². The number of nitrogens with zero attached hydrogens (tertiary/aromatic N) is 3. The molecule has 0 fully saturated rings. The zero-order valence-corrected chi connectivity index (χ0v) is 24.1. The molecule has 8 aromatic carbocycles. The lowest BCUT2D eigenvalue weighted by atomic mass is 9.97. The van der Waals surface area contributed by atoms with Crippen molar-refractivity contribution in [3.05, 3.63) is 140 Å². The minimum atomic E-state index is 1.22. The van der Waals surface area contributed by atoms with Crippen LogP contribution in [0.5, 0.6) is 0 Å². The van der Waals surface area contributed by atoms with E-state index in [1.54, 1.807) is 0 Å². The van der Waals surface area contributed by atoms with Crippen LogP contribution >= 0.6 is 0 Å². The summed E-state index contributed by atoms with van der Waals surface area (Å²) in [5.41, 5.74) is 11.2. The van der Waals surface area contributed by atoms with Gasteiger partial charge >= 0.3 is 0 Å². The Bertz CT molecular complexity index is 3200. The Balaban J connectivity index is 1.50. The maximum absolute atomic E-state index is 2.57. The monoisotopic (exact) mass is 569 g/mol. The molecule has 0 saturated carbocycles. The van der Waals surface area contributed by atoms with Crippen LogP contribution in [0.4, 0.5) is 0 Å². The molecule has 45 heavy (non-hydrogen) atoms. The summed E-state index contributed by atoms with van der Waals surface area (Å²) in [4.78, 5) is 0. The molecule has 3 heteroatoms. The molecule has 0 amide bonds. The van der Waals surface area contributed by atoms with Gasteiger partial charge in [-0.3, -0.25) is 0 Å². The first-order valence-electron chi connectivity index (χ1n) is 15.6. The first kappa shape index (κ1) is 22.5. The highest BCUT2D eigenvalue weighted by Crippen LogP contribution is 2.48. The minimum Gasteiger partial charge on any atom is -0.305 e. The summed E-state index contributed by atoms with van der Waals surface area (Å²) in [6.45, 7) is 0. The lowest BCUT2D eigenvalue weighted by molar-refractivity contribution is 1.11. The van der Waals surface area contributed by atoms with Crippen LogP contribution in [0.1, 0.15) is 0 Å². The van der Waals surface area contributed by atoms with Crippen LogP contribution in [0.25, 0.3) is 104 Å². The molecule has 206 valence electrons. The van der Waals surface area contributed by atoms with E-state index in [2.05, 4.69) is 153 Å². The smallest absolute Gasteiger partial charge is 0.0947 e. The zero-order valence-electron chi connectivity index (χ0n) is 24.1. The molecule has 3 nitrogen and oxygen atoms in total. The molecule has 12 rings (SSSR count). The van der Waals surface area contributed by atoms with Crippen LogP contribution in [-0.4, -0.2) is 13.4 Å². The molecular weight excluding hydrogens is 546 g/mol. The Hall–Kier alpha value is -6.06. The van der Waals surface area contributed by atoms with Crippen molar-refractivity contribution < 1.29 is 0 Å². The van der Waals surface area contributed by atoms with Gasteiger partial charge in [-0.25, -0.2) is 0 Å². The van der Waals surface area contributed by atoms with Crippen LogP contribution < -0.4 is 0 Å². The zero-order chi connectivity index (χ0) is 29.0. The van der Waals surface area contributed by atoms with E-state index in [-0.39, 0.29) is 0 Å². The first-order chi connectivity index (χ1) is 22.4. The second-order valence-corrected chi connectivity index (χ2v) is 12.5. The third-order valence-electron chi connectivity index (χ3n) is 10.5. The molecule has 0 atom stereocenters. The standard InChI is InChI=1S/C42H23N3/c1-2-12-25-24(11-1)23-36-42-37(25)30-17-7-8-19-32(30)43(42)34-21-10-22-35-41(34)44(36)33-20-9-18-31-38-28-15-5-3-13-26(28)27-14-4-6-16-29(27)40(38)45(35)39(31)33/h1-23H. The highest BCUT2D eigenvalue weighted by atomic mass is 15.1. The summed E-state index contributed by atoms with van der Waals surface area (Å²) in [5.74, 6) is 0. The fourth-order valence-corrected chi connectivity index (χ4v) is 8.85. The Morgan fingerprint density at radius 3 is 1.71 bits per heavy atom. The van der Waals surface area contributed by atoms with Crippen LogP contribution in [0.3, 0.4) is 0 Å². The molecule has 2 aromatic heterocycles. The number of rotatable bonds is 0. The molecule has 4 heterocycles. The number of aromatic nitrogens is 3. The van der Waals surface area contributed by atoms with E-state index in [1.165, 1.54) is 104 Å². The van der Waals surface area contributed by atoms with Crippen molar-refractivity contribution in [2.75, 3.05) is 0 Å². The van der Waals surface area contributed by atoms with E-state index < -0.39 is 0 Å². The Morgan fingerprint density at radius 2 is 0.867 bits per heavy atom. The molecule has 0 unspecified atom stereocenters. The van der Waals surface area contributed by atoms with Gasteiger partial charge in [0, 0.05) is 26.9 Å². The van der Waals surface area contributed by atoms with Crippen molar-refractivity contribution in [2.45, 2.75) is 0 Å². The number of hydrogen-bond donors (Lipinski definition) is 0. The molecule has 0 radical (unpaired) electrons. The van der Waals surface area contributed by atoms with Gasteiger partial charge in [-0.1, -0.05) is 109 Å². The average Bonchev–Trinajstić information content (AvgIpc) is 3.64. The molecule has 0 aliphatic carbocycles. The summed E-state index contributed by atoms with van der Waals surface area (Å²) in [6.07, 6.45) is 0. The molecule has 0 saturated heterocycles. The van der Waals surface area contributed by atoms with Gasteiger partial charge in [0.15, 0.2) is 0 Å². The van der Waals surface area contributed by atoms with Gasteiger partial charge in [0.2, 0.25) is 0 Å². The topological polar surface area (TPSA) is 13.8 Å². The number of fused-ring (bicyclic) bond motifs is 17. The van der Waals surface area contributed by atoms with Gasteiger partial charge in [-0.2, -0.15) is 0 Å². The largest absolute Gasteiger partial charge is 0.305 e. The van der Waals surface area contributed by atoms with Crippen molar-refractivity contribution in [1.29, 1.82) is 0 Å². The van der Waals surface area contributed by atoms with Crippen molar-refractivity contribution in [3.8, 4) is 5.69 Å². The Labute approximate surface area is 256 Å². The maximum Gasteiger partial charge on any atom is 0.0947 e. The Kier molecular flexibility index (Phi) is 3.76. The van der Waals surface area contributed by atoms with Crippen LogP contribution in [0.15, 0.2) is 140 Å². The third-order valence-corrected chi connectivity index (χ3v) is 10.5. The van der Waals surface area contributed by atoms with E-state index >= 15 is 0 Å². The van der Waals surface area contributed by atoms with Gasteiger partial charge in [0.25, 0.3) is 0 Å². The SMILES string of the molecule is c1ccc2c(c1)cc1c3c2c2ccccc2n3c2cccc3c2-n1c1cccc2c4c5ccccc5c5ccccc5c4n3c21. The predicted molar refractivity (Wildman–Crippen MR) is 190 cm³/mol. The third kappa shape index (κ3) is 2.43. The molecule has 0 bridgehead atoms. The van der Waals surface area contributed by atoms with Crippen molar-refractivity contribution in [3.63, 3.8) is 0 Å². The van der Waals surface area contributed by atoms with Crippen molar-refractivity contribution in [2.24, 2.45) is 0 Å². The summed E-state index contributed by atoms with van der Waals surface area (Å²) in [7, 11) is 0. The average molecular weight is 570 g/mol. The van der Waals surface area contributed by atoms with Gasteiger partial charge in [0.1, 0.15) is 0 Å². The molecule has 10 aromatic rings. The van der Waals surface area contributed by atoms with Gasteiger partial charge < -0.3 is 13.4 Å². The normalized spacial score (nSPS) is 12.9. The van der Waals surface area contributed by atoms with Crippen molar-refractivity contribution >= 4 is 98.0 Å². The fraction of sp³-hybridized carbons (Fsp3) is 0. The summed E-state index contributed by atoms with van der Waals surface area (Å²) < 4.78 is 7.65. The Morgan fingerprint density at radius 1 is 0.311 bits per heavy atom. The predicted octanol–water partition coefficient (Wildman–Crippen LogP) is 11.1. The molecule has 0 spiro atoms. The highest BCUT2D eigenvalue weighted by Gasteiger charge is 2.27. The first-order valence-corrected chi connectivity index (χ1v) is 15.6. The molecule has 0 N–H and O–H groups in total. The number of benzene rings is 8. The minimum absolute atomic E-state index is 1.22.